The number of carboxylic acids is 1. The van der Waals surface area contributed by atoms with Gasteiger partial charge in [0.2, 0.25) is 5.95 Å². The third-order valence-corrected chi connectivity index (χ3v) is 2.57. The summed E-state index contributed by atoms with van der Waals surface area (Å²) in [6.45, 7) is 0. The first-order chi connectivity index (χ1) is 9.56. The zero-order valence-electron chi connectivity index (χ0n) is 10.2. The molecule has 2 aromatic heterocycles. The average Bonchev–Trinajstić information content (AvgIpc) is 2.90. The Bertz CT molecular complexity index is 615. The fourth-order valence-electron chi connectivity index (χ4n) is 1.60. The summed E-state index contributed by atoms with van der Waals surface area (Å²) >= 11 is 0. The zero-order valence-corrected chi connectivity index (χ0v) is 10.2. The summed E-state index contributed by atoms with van der Waals surface area (Å²) in [5.41, 5.74) is 0.576. The molecule has 1 atom stereocenters. The Morgan fingerprint density at radius 2 is 2.30 bits per heavy atom. The number of hydrogen-bond donors (Lipinski definition) is 3. The molecule has 0 aliphatic rings. The van der Waals surface area contributed by atoms with Crippen molar-refractivity contribution in [3.05, 3.63) is 48.1 Å². The minimum absolute atomic E-state index is 0.00774. The van der Waals surface area contributed by atoms with E-state index in [-0.39, 0.29) is 12.0 Å². The van der Waals surface area contributed by atoms with Crippen molar-refractivity contribution in [1.82, 2.24) is 20.3 Å². The maximum atomic E-state index is 12.9. The lowest BCUT2D eigenvalue weighted by atomic mass is 10.1. The van der Waals surface area contributed by atoms with Crippen molar-refractivity contribution in [3.8, 4) is 0 Å². The van der Waals surface area contributed by atoms with E-state index in [2.05, 4.69) is 20.3 Å². The van der Waals surface area contributed by atoms with Crippen LogP contribution in [0.2, 0.25) is 0 Å². The van der Waals surface area contributed by atoms with Gasteiger partial charge in [0, 0.05) is 36.1 Å². The van der Waals surface area contributed by atoms with E-state index >= 15 is 0 Å². The first-order valence-electron chi connectivity index (χ1n) is 5.68. The number of carboxylic acid groups (broad SMARTS) is 1. The molecule has 1 amide bonds. The molecule has 8 heteroatoms. The van der Waals surface area contributed by atoms with Crippen molar-refractivity contribution >= 4 is 11.9 Å². The van der Waals surface area contributed by atoms with Gasteiger partial charge in [0.15, 0.2) is 0 Å². The van der Waals surface area contributed by atoms with Gasteiger partial charge in [0.05, 0.1) is 6.33 Å². The quantitative estimate of drug-likeness (QED) is 0.685. The van der Waals surface area contributed by atoms with Crippen molar-refractivity contribution in [2.75, 3.05) is 0 Å². The summed E-state index contributed by atoms with van der Waals surface area (Å²) in [6.07, 6.45) is 4.06. The molecular weight excluding hydrogens is 267 g/mol. The monoisotopic (exact) mass is 278 g/mol. The second-order valence-electron chi connectivity index (χ2n) is 4.01. The second-order valence-corrected chi connectivity index (χ2v) is 4.01. The van der Waals surface area contributed by atoms with Crippen molar-refractivity contribution in [1.29, 1.82) is 0 Å². The molecule has 20 heavy (non-hydrogen) atoms. The fourth-order valence-corrected chi connectivity index (χ4v) is 1.60. The highest BCUT2D eigenvalue weighted by atomic mass is 19.1. The van der Waals surface area contributed by atoms with E-state index in [1.807, 2.05) is 0 Å². The summed E-state index contributed by atoms with van der Waals surface area (Å²) in [5, 5.41) is 11.4. The highest BCUT2D eigenvalue weighted by molar-refractivity contribution is 5.96. The van der Waals surface area contributed by atoms with Gasteiger partial charge in [0.1, 0.15) is 6.04 Å². The molecule has 0 unspecified atom stereocenters. The topological polar surface area (TPSA) is 108 Å². The number of halogens is 1. The molecule has 0 aliphatic heterocycles. The Kier molecular flexibility index (Phi) is 4.04. The Morgan fingerprint density at radius 3 is 2.90 bits per heavy atom. The summed E-state index contributed by atoms with van der Waals surface area (Å²) < 4.78 is 12.9. The van der Waals surface area contributed by atoms with Gasteiger partial charge < -0.3 is 15.4 Å². The van der Waals surface area contributed by atoms with Crippen LogP contribution in [0.5, 0.6) is 0 Å². The van der Waals surface area contributed by atoms with Crippen LogP contribution in [0.15, 0.2) is 30.9 Å². The number of aromatic amines is 1. The van der Waals surface area contributed by atoms with Crippen LogP contribution in [0, 0.1) is 5.95 Å². The molecule has 0 bridgehead atoms. The largest absolute Gasteiger partial charge is 0.480 e. The van der Waals surface area contributed by atoms with Gasteiger partial charge in [-0.05, 0) is 6.07 Å². The molecule has 2 rings (SSSR count). The van der Waals surface area contributed by atoms with E-state index in [9.17, 15) is 14.0 Å². The van der Waals surface area contributed by atoms with Crippen LogP contribution in [0.4, 0.5) is 4.39 Å². The summed E-state index contributed by atoms with van der Waals surface area (Å²) in [5.74, 6) is -2.68. The predicted octanol–water partition coefficient (Wildman–Crippen LogP) is 0.369. The first kappa shape index (κ1) is 13.7. The Labute approximate surface area is 112 Å². The molecule has 0 fully saturated rings. The SMILES string of the molecule is O=C(N[C@@H](Cc1cnc[nH]1)C(=O)O)c1ccnc(F)c1. The number of rotatable bonds is 5. The number of amides is 1. The van der Waals surface area contributed by atoms with Crippen LogP contribution < -0.4 is 5.32 Å². The Balaban J connectivity index is 2.08. The van der Waals surface area contributed by atoms with E-state index in [4.69, 9.17) is 5.11 Å². The number of hydrogen-bond acceptors (Lipinski definition) is 4. The molecule has 104 valence electrons. The number of nitrogens with one attached hydrogen (secondary N) is 2. The predicted molar refractivity (Wildman–Crippen MR) is 65.4 cm³/mol. The Morgan fingerprint density at radius 1 is 1.50 bits per heavy atom. The zero-order chi connectivity index (χ0) is 14.5. The van der Waals surface area contributed by atoms with E-state index in [1.54, 1.807) is 0 Å². The molecule has 0 saturated heterocycles. The van der Waals surface area contributed by atoms with Crippen LogP contribution in [0.1, 0.15) is 16.1 Å². The van der Waals surface area contributed by atoms with Crippen molar-refractivity contribution in [2.45, 2.75) is 12.5 Å². The first-order valence-corrected chi connectivity index (χ1v) is 5.68. The lowest BCUT2D eigenvalue weighted by molar-refractivity contribution is -0.139. The molecular formula is C12H11FN4O3. The van der Waals surface area contributed by atoms with Crippen molar-refractivity contribution < 1.29 is 19.1 Å². The average molecular weight is 278 g/mol. The number of carbonyl (C=O) groups excluding carboxylic acids is 1. The number of carbonyl (C=O) groups is 2. The summed E-state index contributed by atoms with van der Waals surface area (Å²) in [4.78, 5) is 32.8. The minimum Gasteiger partial charge on any atom is -0.480 e. The molecule has 0 saturated carbocycles. The molecule has 2 aromatic rings. The lowest BCUT2D eigenvalue weighted by Crippen LogP contribution is -2.42. The lowest BCUT2D eigenvalue weighted by Gasteiger charge is -2.13. The third kappa shape index (κ3) is 3.37. The maximum absolute atomic E-state index is 12.9. The van der Waals surface area contributed by atoms with Crippen LogP contribution >= 0.6 is 0 Å². The Hall–Kier alpha value is -2.77. The van der Waals surface area contributed by atoms with Gasteiger partial charge in [-0.25, -0.2) is 14.8 Å². The molecule has 0 aromatic carbocycles. The number of aromatic nitrogens is 3. The highest BCUT2D eigenvalue weighted by Crippen LogP contribution is 2.03. The standard InChI is InChI=1S/C12H11FN4O3/c13-10-3-7(1-2-15-10)11(18)17-9(12(19)20)4-8-5-14-6-16-8/h1-3,5-6,9H,4H2,(H,14,16)(H,17,18)(H,19,20)/t9-/m0/s1. The van der Waals surface area contributed by atoms with Gasteiger partial charge in [-0.1, -0.05) is 0 Å². The maximum Gasteiger partial charge on any atom is 0.326 e. The molecule has 7 nitrogen and oxygen atoms in total. The smallest absolute Gasteiger partial charge is 0.326 e. The number of H-pyrrole nitrogens is 1. The van der Waals surface area contributed by atoms with Gasteiger partial charge in [-0.2, -0.15) is 4.39 Å². The normalized spacial score (nSPS) is 11.8. The van der Waals surface area contributed by atoms with Crippen LogP contribution in [-0.4, -0.2) is 38.0 Å². The van der Waals surface area contributed by atoms with Gasteiger partial charge in [-0.3, -0.25) is 4.79 Å². The van der Waals surface area contributed by atoms with E-state index < -0.39 is 23.9 Å². The van der Waals surface area contributed by atoms with E-state index in [0.717, 1.165) is 12.3 Å². The molecule has 0 spiro atoms. The van der Waals surface area contributed by atoms with Crippen molar-refractivity contribution in [3.63, 3.8) is 0 Å². The van der Waals surface area contributed by atoms with Gasteiger partial charge >= 0.3 is 5.97 Å². The number of pyridine rings is 1. The molecule has 0 aliphatic carbocycles. The highest BCUT2D eigenvalue weighted by Gasteiger charge is 2.21. The number of imidazole rings is 1. The minimum atomic E-state index is -1.19. The number of aliphatic carboxylic acids is 1. The summed E-state index contributed by atoms with van der Waals surface area (Å²) in [6, 6.07) is 1.09. The van der Waals surface area contributed by atoms with E-state index in [1.165, 1.54) is 18.6 Å². The number of nitrogens with zero attached hydrogens (tertiary/aromatic N) is 2. The summed E-state index contributed by atoms with van der Waals surface area (Å²) in [7, 11) is 0. The van der Waals surface area contributed by atoms with Crippen molar-refractivity contribution in [2.24, 2.45) is 0 Å². The third-order valence-electron chi connectivity index (χ3n) is 2.57. The second kappa shape index (κ2) is 5.91. The van der Waals surface area contributed by atoms with Crippen LogP contribution in [0.25, 0.3) is 0 Å². The van der Waals surface area contributed by atoms with E-state index in [0.29, 0.717) is 5.69 Å². The van der Waals surface area contributed by atoms with Gasteiger partial charge in [0.25, 0.3) is 5.91 Å². The molecule has 0 radical (unpaired) electrons. The fraction of sp³-hybridized carbons (Fsp3) is 0.167. The molecule has 2 heterocycles. The van der Waals surface area contributed by atoms with Crippen LogP contribution in [0.3, 0.4) is 0 Å². The van der Waals surface area contributed by atoms with Crippen LogP contribution in [-0.2, 0) is 11.2 Å². The van der Waals surface area contributed by atoms with Gasteiger partial charge in [-0.15, -0.1) is 0 Å². The molecule has 3 N–H and O–H groups in total.